The van der Waals surface area contributed by atoms with Gasteiger partial charge in [-0.25, -0.2) is 9.18 Å². The smallest absolute Gasteiger partial charge is 0.326 e. The summed E-state index contributed by atoms with van der Waals surface area (Å²) in [5.74, 6) is 0.579. The first-order chi connectivity index (χ1) is 14.1. The Bertz CT molecular complexity index is 898. The molecule has 2 aliphatic heterocycles. The summed E-state index contributed by atoms with van der Waals surface area (Å²) in [6, 6.07) is 10.8. The van der Waals surface area contributed by atoms with Crippen LogP contribution < -0.4 is 29.9 Å². The summed E-state index contributed by atoms with van der Waals surface area (Å²) in [6.07, 6.45) is 0. The van der Waals surface area contributed by atoms with Gasteiger partial charge < -0.3 is 24.6 Å². The van der Waals surface area contributed by atoms with Crippen molar-refractivity contribution in [3.05, 3.63) is 48.3 Å². The molecule has 3 N–H and O–H groups in total. The summed E-state index contributed by atoms with van der Waals surface area (Å²) >= 11 is 0. The van der Waals surface area contributed by atoms with Crippen LogP contribution in [0.25, 0.3) is 0 Å². The number of anilines is 2. The number of fused-ring (bicyclic) bond motifs is 1. The summed E-state index contributed by atoms with van der Waals surface area (Å²) < 4.78 is 23.5. The largest absolute Gasteiger partial charge is 0.454 e. The highest BCUT2D eigenvalue weighted by molar-refractivity contribution is 6.01. The van der Waals surface area contributed by atoms with Crippen LogP contribution in [0.5, 0.6) is 11.5 Å². The minimum absolute atomic E-state index is 0.153. The zero-order chi connectivity index (χ0) is 20.2. The molecule has 2 heterocycles. The monoisotopic (exact) mass is 401 g/mol. The highest BCUT2D eigenvalue weighted by Crippen LogP contribution is 2.34. The van der Waals surface area contributed by atoms with Crippen molar-refractivity contribution >= 4 is 23.3 Å². The second-order valence-electron chi connectivity index (χ2n) is 6.96. The molecule has 2 aliphatic rings. The third kappa shape index (κ3) is 4.75. The molecule has 9 heteroatoms. The van der Waals surface area contributed by atoms with Crippen LogP contribution in [0.15, 0.2) is 42.5 Å². The maximum atomic E-state index is 13.0. The van der Waals surface area contributed by atoms with Crippen LogP contribution in [0.3, 0.4) is 0 Å². The van der Waals surface area contributed by atoms with E-state index >= 15 is 0 Å². The van der Waals surface area contributed by atoms with Gasteiger partial charge in [0.05, 0.1) is 26.2 Å². The average molecular weight is 401 g/mol. The van der Waals surface area contributed by atoms with Gasteiger partial charge in [0.15, 0.2) is 18.0 Å². The maximum absolute atomic E-state index is 13.0. The molecule has 8 nitrogen and oxygen atoms in total. The van der Waals surface area contributed by atoms with E-state index in [4.69, 9.17) is 9.47 Å². The van der Waals surface area contributed by atoms with Crippen LogP contribution in [-0.4, -0.2) is 51.5 Å². The second kappa shape index (κ2) is 8.36. The van der Waals surface area contributed by atoms with Gasteiger partial charge in [-0.2, -0.15) is 0 Å². The number of carbonyl (C=O) groups is 2. The Morgan fingerprint density at radius 2 is 1.76 bits per heavy atom. The van der Waals surface area contributed by atoms with Gasteiger partial charge in [0.1, 0.15) is 5.82 Å². The van der Waals surface area contributed by atoms with Crippen LogP contribution in [0, 0.1) is 5.82 Å². The summed E-state index contributed by atoms with van der Waals surface area (Å²) in [5, 5.41) is 4.97. The van der Waals surface area contributed by atoms with E-state index in [1.54, 1.807) is 30.3 Å². The predicted octanol–water partition coefficient (Wildman–Crippen LogP) is 0.608. The van der Waals surface area contributed by atoms with Crippen LogP contribution in [0.4, 0.5) is 20.6 Å². The van der Waals surface area contributed by atoms with E-state index in [0.717, 1.165) is 36.8 Å². The molecule has 2 aromatic rings. The first-order valence-corrected chi connectivity index (χ1v) is 9.41. The lowest BCUT2D eigenvalue weighted by atomic mass is 10.2. The van der Waals surface area contributed by atoms with Crippen molar-refractivity contribution < 1.29 is 28.4 Å². The lowest BCUT2D eigenvalue weighted by Gasteiger charge is -2.33. The molecule has 0 saturated carbocycles. The Balaban J connectivity index is 1.22. The van der Waals surface area contributed by atoms with Gasteiger partial charge in [0.2, 0.25) is 6.79 Å². The van der Waals surface area contributed by atoms with Gasteiger partial charge in [-0.15, -0.1) is 0 Å². The van der Waals surface area contributed by atoms with Crippen LogP contribution >= 0.6 is 0 Å². The molecular weight excluding hydrogens is 379 g/mol. The number of nitrogens with one attached hydrogen (secondary N) is 3. The molecule has 2 aromatic carbocycles. The minimum atomic E-state index is -0.585. The van der Waals surface area contributed by atoms with Crippen LogP contribution in [0.1, 0.15) is 0 Å². The van der Waals surface area contributed by atoms with Gasteiger partial charge in [0, 0.05) is 17.4 Å². The normalized spacial score (nSPS) is 15.8. The molecule has 1 saturated heterocycles. The maximum Gasteiger partial charge on any atom is 0.326 e. The van der Waals surface area contributed by atoms with Crippen molar-refractivity contribution in [2.24, 2.45) is 0 Å². The number of piperazine rings is 1. The quantitative estimate of drug-likeness (QED) is 0.699. The SMILES string of the molecule is O=C(C[NH+]1CCN(c2ccc(F)cc2)CC1)NC(=O)Nc1ccc2c(c1)OCO2. The Morgan fingerprint density at radius 3 is 2.52 bits per heavy atom. The van der Waals surface area contributed by atoms with Crippen molar-refractivity contribution in [3.63, 3.8) is 0 Å². The molecule has 152 valence electrons. The topological polar surface area (TPSA) is 84.3 Å². The van der Waals surface area contributed by atoms with Crippen molar-refractivity contribution in [2.75, 3.05) is 49.7 Å². The highest BCUT2D eigenvalue weighted by atomic mass is 19.1. The van der Waals surface area contributed by atoms with Crippen LogP contribution in [0.2, 0.25) is 0 Å². The zero-order valence-corrected chi connectivity index (χ0v) is 15.7. The van der Waals surface area contributed by atoms with Gasteiger partial charge in [-0.1, -0.05) is 0 Å². The summed E-state index contributed by atoms with van der Waals surface area (Å²) in [7, 11) is 0. The molecule has 0 aromatic heterocycles. The van der Waals surface area contributed by atoms with E-state index in [9.17, 15) is 14.0 Å². The number of carbonyl (C=O) groups excluding carboxylic acids is 2. The fourth-order valence-electron chi connectivity index (χ4n) is 3.44. The van der Waals surface area contributed by atoms with Gasteiger partial charge in [0.25, 0.3) is 5.91 Å². The molecule has 0 radical (unpaired) electrons. The number of urea groups is 1. The van der Waals surface area contributed by atoms with Crippen molar-refractivity contribution in [1.82, 2.24) is 5.32 Å². The standard InChI is InChI=1S/C20H21FN4O4/c21-14-1-4-16(5-2-14)25-9-7-24(8-10-25)12-19(26)23-20(27)22-15-3-6-17-18(11-15)29-13-28-17/h1-6,11H,7-10,12-13H2,(H2,22,23,26,27)/p+1. The molecule has 1 fully saturated rings. The first-order valence-electron chi connectivity index (χ1n) is 9.41. The number of quaternary nitrogens is 1. The lowest BCUT2D eigenvalue weighted by Crippen LogP contribution is -3.16. The molecule has 0 atom stereocenters. The Kier molecular flexibility index (Phi) is 5.48. The fourth-order valence-corrected chi connectivity index (χ4v) is 3.44. The Morgan fingerprint density at radius 1 is 1.03 bits per heavy atom. The molecule has 0 unspecified atom stereocenters. The zero-order valence-electron chi connectivity index (χ0n) is 15.7. The molecular formula is C20H22FN4O4+. The molecule has 4 rings (SSSR count). The fraction of sp³-hybridized carbons (Fsp3) is 0.300. The number of nitrogens with zero attached hydrogens (tertiary/aromatic N) is 1. The van der Waals surface area contributed by atoms with E-state index < -0.39 is 6.03 Å². The molecule has 0 bridgehead atoms. The second-order valence-corrected chi connectivity index (χ2v) is 6.96. The average Bonchev–Trinajstić information content (AvgIpc) is 3.17. The molecule has 0 aliphatic carbocycles. The number of hydrogen-bond acceptors (Lipinski definition) is 5. The van der Waals surface area contributed by atoms with Crippen molar-refractivity contribution in [3.8, 4) is 11.5 Å². The van der Waals surface area contributed by atoms with E-state index in [0.29, 0.717) is 17.2 Å². The number of amides is 3. The van der Waals surface area contributed by atoms with Crippen molar-refractivity contribution in [2.45, 2.75) is 0 Å². The first kappa shape index (κ1) is 19.0. The number of imide groups is 1. The summed E-state index contributed by atoms with van der Waals surface area (Å²) in [6.45, 7) is 3.41. The van der Waals surface area contributed by atoms with E-state index in [-0.39, 0.29) is 25.1 Å². The van der Waals surface area contributed by atoms with E-state index in [2.05, 4.69) is 15.5 Å². The van der Waals surface area contributed by atoms with E-state index in [1.165, 1.54) is 12.1 Å². The molecule has 0 spiro atoms. The van der Waals surface area contributed by atoms with Crippen molar-refractivity contribution in [1.29, 1.82) is 0 Å². The molecule has 3 amide bonds. The minimum Gasteiger partial charge on any atom is -0.454 e. The number of benzene rings is 2. The number of halogens is 1. The van der Waals surface area contributed by atoms with Crippen LogP contribution in [-0.2, 0) is 4.79 Å². The number of ether oxygens (including phenoxy) is 2. The third-order valence-electron chi connectivity index (χ3n) is 4.96. The Hall–Kier alpha value is -3.33. The highest BCUT2D eigenvalue weighted by Gasteiger charge is 2.23. The number of hydrogen-bond donors (Lipinski definition) is 3. The van der Waals surface area contributed by atoms with Gasteiger partial charge in [-0.3, -0.25) is 10.1 Å². The predicted molar refractivity (Wildman–Crippen MR) is 104 cm³/mol. The third-order valence-corrected chi connectivity index (χ3v) is 4.96. The Labute approximate surface area is 167 Å². The summed E-state index contributed by atoms with van der Waals surface area (Å²) in [4.78, 5) is 27.5. The summed E-state index contributed by atoms with van der Waals surface area (Å²) in [5.41, 5.74) is 1.48. The molecule has 29 heavy (non-hydrogen) atoms. The number of rotatable bonds is 4. The van der Waals surface area contributed by atoms with Gasteiger partial charge in [-0.05, 0) is 36.4 Å². The lowest BCUT2D eigenvalue weighted by molar-refractivity contribution is -0.892. The van der Waals surface area contributed by atoms with Gasteiger partial charge >= 0.3 is 6.03 Å². The van der Waals surface area contributed by atoms with E-state index in [1.807, 2.05) is 0 Å².